The van der Waals surface area contributed by atoms with Crippen LogP contribution < -0.4 is 15.8 Å². The fraction of sp³-hybridized carbons (Fsp3) is 0.200. The maximum atomic E-state index is 14.2. The van der Waals surface area contributed by atoms with E-state index in [0.29, 0.717) is 6.54 Å². The highest BCUT2D eigenvalue weighted by Gasteiger charge is 2.16. The predicted octanol–water partition coefficient (Wildman–Crippen LogP) is 2.63. The smallest absolute Gasteiger partial charge is 0.178 e. The predicted molar refractivity (Wildman–Crippen MR) is 78.9 cm³/mol. The van der Waals surface area contributed by atoms with Crippen LogP contribution in [-0.4, -0.2) is 17.9 Å². The van der Waals surface area contributed by atoms with Crippen molar-refractivity contribution >= 4 is 17.3 Å². The molecule has 0 radical (unpaired) electrons. The van der Waals surface area contributed by atoms with E-state index in [0.717, 1.165) is 11.3 Å². The van der Waals surface area contributed by atoms with Gasteiger partial charge in [0, 0.05) is 6.54 Å². The zero-order chi connectivity index (χ0) is 15.4. The van der Waals surface area contributed by atoms with Crippen molar-refractivity contribution in [3.63, 3.8) is 0 Å². The molecule has 0 saturated heterocycles. The van der Waals surface area contributed by atoms with E-state index in [1.807, 2.05) is 24.3 Å². The number of halogens is 1. The summed E-state index contributed by atoms with van der Waals surface area (Å²) in [6.45, 7) is 1.64. The summed E-state index contributed by atoms with van der Waals surface area (Å²) in [5.74, 6) is -0.407. The minimum absolute atomic E-state index is 0.00483. The third-order valence-electron chi connectivity index (χ3n) is 3.02. The molecule has 0 bridgehead atoms. The minimum atomic E-state index is -0.726. The second kappa shape index (κ2) is 6.21. The van der Waals surface area contributed by atoms with Crippen LogP contribution in [0.4, 0.5) is 15.9 Å². The highest BCUT2D eigenvalue weighted by molar-refractivity contribution is 5.99. The van der Waals surface area contributed by atoms with Gasteiger partial charge in [-0.05, 0) is 24.6 Å². The molecule has 5 nitrogen and oxygen atoms in total. The fourth-order valence-electron chi connectivity index (χ4n) is 1.91. The molecule has 0 fully saturated rings. The van der Waals surface area contributed by atoms with Gasteiger partial charge in [0.2, 0.25) is 0 Å². The minimum Gasteiger partial charge on any atom is -0.497 e. The molecule has 0 aliphatic heterocycles. The number of ether oxygens (including phenoxy) is 1. The molecule has 1 heterocycles. The van der Waals surface area contributed by atoms with Gasteiger partial charge in [0.1, 0.15) is 5.75 Å². The van der Waals surface area contributed by atoms with Crippen molar-refractivity contribution < 1.29 is 13.9 Å². The summed E-state index contributed by atoms with van der Waals surface area (Å²) in [6.07, 6.45) is 1.27. The van der Waals surface area contributed by atoms with E-state index >= 15 is 0 Å². The van der Waals surface area contributed by atoms with Crippen molar-refractivity contribution in [3.8, 4) is 5.75 Å². The number of nitrogens with zero attached hydrogens (tertiary/aromatic N) is 1. The number of pyridine rings is 1. The van der Waals surface area contributed by atoms with Gasteiger partial charge in [-0.15, -0.1) is 0 Å². The molecule has 6 heteroatoms. The molecular weight excluding hydrogens is 273 g/mol. The van der Waals surface area contributed by atoms with Gasteiger partial charge in [0.05, 0.1) is 24.6 Å². The molecule has 0 unspecified atom stereocenters. The fourth-order valence-corrected chi connectivity index (χ4v) is 1.91. The second-order valence-electron chi connectivity index (χ2n) is 4.51. The Bertz CT molecular complexity index is 657. The average molecular weight is 289 g/mol. The van der Waals surface area contributed by atoms with Crippen molar-refractivity contribution in [1.82, 2.24) is 4.98 Å². The van der Waals surface area contributed by atoms with Crippen LogP contribution in [0.1, 0.15) is 22.8 Å². The van der Waals surface area contributed by atoms with Gasteiger partial charge in [-0.25, -0.2) is 9.37 Å². The van der Waals surface area contributed by atoms with Gasteiger partial charge in [-0.2, -0.15) is 0 Å². The molecule has 2 rings (SSSR count). The summed E-state index contributed by atoms with van der Waals surface area (Å²) < 4.78 is 19.2. The molecule has 0 spiro atoms. The second-order valence-corrected chi connectivity index (χ2v) is 4.51. The number of methoxy groups -OCH3 is 1. The Morgan fingerprint density at radius 1 is 1.38 bits per heavy atom. The van der Waals surface area contributed by atoms with E-state index in [1.165, 1.54) is 13.1 Å². The number of hydrogen-bond acceptors (Lipinski definition) is 5. The van der Waals surface area contributed by atoms with Crippen molar-refractivity contribution in [3.05, 3.63) is 47.4 Å². The highest BCUT2D eigenvalue weighted by Crippen LogP contribution is 2.22. The number of hydrogen-bond donors (Lipinski definition) is 2. The number of benzene rings is 1. The lowest BCUT2D eigenvalue weighted by Crippen LogP contribution is -2.10. The van der Waals surface area contributed by atoms with Gasteiger partial charge < -0.3 is 15.8 Å². The first kappa shape index (κ1) is 14.8. The number of nitrogens with one attached hydrogen (secondary N) is 1. The first-order valence-corrected chi connectivity index (χ1v) is 6.34. The zero-order valence-electron chi connectivity index (χ0n) is 11.8. The monoisotopic (exact) mass is 289 g/mol. The van der Waals surface area contributed by atoms with Crippen LogP contribution in [0.25, 0.3) is 0 Å². The number of nitrogen functional groups attached to an aromatic ring is 1. The molecule has 3 N–H and O–H groups in total. The van der Waals surface area contributed by atoms with E-state index < -0.39 is 11.6 Å². The highest BCUT2D eigenvalue weighted by atomic mass is 19.1. The van der Waals surface area contributed by atoms with Gasteiger partial charge >= 0.3 is 0 Å². The average Bonchev–Trinajstić information content (AvgIpc) is 2.46. The Kier molecular flexibility index (Phi) is 4.37. The molecule has 2 aromatic rings. The molecule has 110 valence electrons. The molecule has 1 aromatic carbocycles. The van der Waals surface area contributed by atoms with Crippen LogP contribution in [-0.2, 0) is 6.54 Å². The lowest BCUT2D eigenvalue weighted by molar-refractivity contribution is 0.101. The number of rotatable bonds is 5. The summed E-state index contributed by atoms with van der Waals surface area (Å²) in [6, 6.07) is 7.33. The van der Waals surface area contributed by atoms with E-state index in [-0.39, 0.29) is 17.1 Å². The Hall–Kier alpha value is -2.63. The van der Waals surface area contributed by atoms with Crippen LogP contribution in [0.3, 0.4) is 0 Å². The van der Waals surface area contributed by atoms with Crippen LogP contribution in [0.15, 0.2) is 30.5 Å². The van der Waals surface area contributed by atoms with Crippen LogP contribution in [0, 0.1) is 5.82 Å². The van der Waals surface area contributed by atoms with Crippen LogP contribution in [0.2, 0.25) is 0 Å². The summed E-state index contributed by atoms with van der Waals surface area (Å²) in [5.41, 5.74) is 6.39. The first-order valence-electron chi connectivity index (χ1n) is 6.34. The number of aromatic nitrogens is 1. The molecule has 0 aliphatic rings. The maximum absolute atomic E-state index is 14.2. The zero-order valence-corrected chi connectivity index (χ0v) is 11.8. The molecular formula is C15H16FN3O2. The third-order valence-corrected chi connectivity index (χ3v) is 3.02. The summed E-state index contributed by atoms with van der Waals surface area (Å²) in [4.78, 5) is 15.3. The third kappa shape index (κ3) is 3.28. The number of Topliss-reactive ketones (excluding diaryl/α,β-unsaturated/α-hetero) is 1. The van der Waals surface area contributed by atoms with Crippen LogP contribution in [0.5, 0.6) is 5.75 Å². The Labute approximate surface area is 121 Å². The lowest BCUT2D eigenvalue weighted by atomic mass is 10.1. The molecule has 0 aliphatic carbocycles. The SMILES string of the molecule is COc1ccc(CNc2ncc(N)c(C(C)=O)c2F)cc1. The quantitative estimate of drug-likeness (QED) is 0.827. The number of carbonyl (C=O) groups is 1. The Balaban J connectivity index is 2.16. The number of ketones is 1. The maximum Gasteiger partial charge on any atom is 0.178 e. The topological polar surface area (TPSA) is 77.2 Å². The lowest BCUT2D eigenvalue weighted by Gasteiger charge is -2.10. The van der Waals surface area contributed by atoms with Crippen molar-refractivity contribution in [1.29, 1.82) is 0 Å². The van der Waals surface area contributed by atoms with Gasteiger partial charge in [-0.3, -0.25) is 4.79 Å². The van der Waals surface area contributed by atoms with Crippen molar-refractivity contribution in [2.45, 2.75) is 13.5 Å². The standard InChI is InChI=1S/C15H16FN3O2/c1-9(20)13-12(17)8-19-15(14(13)16)18-7-10-3-5-11(21-2)6-4-10/h3-6,8H,7,17H2,1-2H3,(H,18,19). The summed E-state index contributed by atoms with van der Waals surface area (Å²) in [7, 11) is 1.59. The molecule has 0 amide bonds. The van der Waals surface area contributed by atoms with E-state index in [4.69, 9.17) is 10.5 Å². The van der Waals surface area contributed by atoms with Crippen molar-refractivity contribution in [2.24, 2.45) is 0 Å². The normalized spacial score (nSPS) is 10.2. The first-order chi connectivity index (χ1) is 10.0. The molecule has 0 saturated carbocycles. The van der Waals surface area contributed by atoms with E-state index in [9.17, 15) is 9.18 Å². The van der Waals surface area contributed by atoms with Gasteiger partial charge in [0.25, 0.3) is 0 Å². The summed E-state index contributed by atoms with van der Waals surface area (Å²) >= 11 is 0. The van der Waals surface area contributed by atoms with Gasteiger partial charge in [0.15, 0.2) is 17.4 Å². The van der Waals surface area contributed by atoms with Crippen molar-refractivity contribution in [2.75, 3.05) is 18.2 Å². The van der Waals surface area contributed by atoms with Gasteiger partial charge in [-0.1, -0.05) is 12.1 Å². The van der Waals surface area contributed by atoms with Crippen LogP contribution >= 0.6 is 0 Å². The largest absolute Gasteiger partial charge is 0.497 e. The molecule has 0 atom stereocenters. The number of anilines is 2. The molecule has 21 heavy (non-hydrogen) atoms. The number of carbonyl (C=O) groups excluding carboxylic acids is 1. The van der Waals surface area contributed by atoms with E-state index in [2.05, 4.69) is 10.3 Å². The molecule has 1 aromatic heterocycles. The summed E-state index contributed by atoms with van der Waals surface area (Å²) in [5, 5.41) is 2.85. The number of nitrogens with two attached hydrogens (primary N) is 1. The Morgan fingerprint density at radius 3 is 2.62 bits per heavy atom. The van der Waals surface area contributed by atoms with E-state index in [1.54, 1.807) is 7.11 Å². The Morgan fingerprint density at radius 2 is 2.05 bits per heavy atom.